The number of anilines is 1. The summed E-state index contributed by atoms with van der Waals surface area (Å²) in [6, 6.07) is 14.4. The van der Waals surface area contributed by atoms with Crippen LogP contribution >= 0.6 is 0 Å². The third-order valence-corrected chi connectivity index (χ3v) is 5.25. The van der Waals surface area contributed by atoms with Crippen LogP contribution in [0.4, 0.5) is 5.69 Å². The van der Waals surface area contributed by atoms with Crippen molar-refractivity contribution < 1.29 is 17.9 Å². The second-order valence-corrected chi connectivity index (χ2v) is 7.47. The maximum Gasteiger partial charge on any atom is 0.338 e. The van der Waals surface area contributed by atoms with Crippen molar-refractivity contribution >= 4 is 21.7 Å². The van der Waals surface area contributed by atoms with E-state index in [4.69, 9.17) is 4.74 Å². The van der Waals surface area contributed by atoms with Crippen molar-refractivity contribution in [3.63, 3.8) is 0 Å². The van der Waals surface area contributed by atoms with E-state index in [1.165, 1.54) is 24.3 Å². The zero-order valence-corrected chi connectivity index (χ0v) is 15.7. The van der Waals surface area contributed by atoms with E-state index in [-0.39, 0.29) is 11.5 Å². The molecular formula is C19H19N3O4S. The average Bonchev–Trinajstić information content (AvgIpc) is 3.08. The highest BCUT2D eigenvalue weighted by atomic mass is 32.2. The summed E-state index contributed by atoms with van der Waals surface area (Å²) in [5, 5.41) is 4.22. The normalized spacial score (nSPS) is 11.2. The molecule has 0 fully saturated rings. The van der Waals surface area contributed by atoms with Gasteiger partial charge in [0.1, 0.15) is 0 Å². The predicted molar refractivity (Wildman–Crippen MR) is 102 cm³/mol. The number of aryl methyl sites for hydroxylation is 1. The van der Waals surface area contributed by atoms with Crippen molar-refractivity contribution in [2.75, 3.05) is 11.3 Å². The minimum atomic E-state index is -3.80. The summed E-state index contributed by atoms with van der Waals surface area (Å²) in [7, 11) is -3.80. The molecule has 0 bridgehead atoms. The van der Waals surface area contributed by atoms with Crippen molar-refractivity contribution in [1.82, 2.24) is 9.78 Å². The third kappa shape index (κ3) is 4.17. The highest BCUT2D eigenvalue weighted by Crippen LogP contribution is 2.20. The molecule has 0 saturated carbocycles. The zero-order valence-electron chi connectivity index (χ0n) is 14.9. The average molecular weight is 385 g/mol. The summed E-state index contributed by atoms with van der Waals surface area (Å²) in [4.78, 5) is 11.7. The zero-order chi connectivity index (χ0) is 19.4. The van der Waals surface area contributed by atoms with E-state index in [2.05, 4.69) is 9.82 Å². The number of benzene rings is 2. The van der Waals surface area contributed by atoms with Gasteiger partial charge in [0.25, 0.3) is 10.0 Å². The van der Waals surface area contributed by atoms with Crippen LogP contribution in [-0.2, 0) is 14.8 Å². The van der Waals surface area contributed by atoms with Gasteiger partial charge in [-0.25, -0.2) is 17.9 Å². The number of nitrogens with zero attached hydrogens (tertiary/aromatic N) is 2. The van der Waals surface area contributed by atoms with E-state index in [9.17, 15) is 13.2 Å². The fourth-order valence-electron chi connectivity index (χ4n) is 2.54. The predicted octanol–water partition coefficient (Wildman–Crippen LogP) is 3.16. The molecule has 0 radical (unpaired) electrons. The Morgan fingerprint density at radius 2 is 1.89 bits per heavy atom. The number of carbonyl (C=O) groups is 1. The second-order valence-electron chi connectivity index (χ2n) is 5.79. The summed E-state index contributed by atoms with van der Waals surface area (Å²) in [5.74, 6) is -0.489. The fourth-order valence-corrected chi connectivity index (χ4v) is 3.59. The van der Waals surface area contributed by atoms with E-state index >= 15 is 0 Å². The van der Waals surface area contributed by atoms with Gasteiger partial charge in [0, 0.05) is 11.9 Å². The Balaban J connectivity index is 1.83. The van der Waals surface area contributed by atoms with Gasteiger partial charge in [-0.15, -0.1) is 0 Å². The van der Waals surface area contributed by atoms with Crippen molar-refractivity contribution in [3.05, 3.63) is 72.1 Å². The smallest absolute Gasteiger partial charge is 0.338 e. The minimum absolute atomic E-state index is 0.0521. The lowest BCUT2D eigenvalue weighted by Crippen LogP contribution is -2.14. The Morgan fingerprint density at radius 3 is 2.52 bits per heavy atom. The molecule has 0 aliphatic carbocycles. The van der Waals surface area contributed by atoms with Crippen molar-refractivity contribution in [2.45, 2.75) is 18.7 Å². The molecular weight excluding hydrogens is 366 g/mol. The van der Waals surface area contributed by atoms with E-state index in [0.29, 0.717) is 11.3 Å². The Hall–Kier alpha value is -3.13. The van der Waals surface area contributed by atoms with E-state index in [0.717, 1.165) is 11.4 Å². The van der Waals surface area contributed by atoms with Crippen LogP contribution in [0, 0.1) is 6.92 Å². The van der Waals surface area contributed by atoms with Gasteiger partial charge >= 0.3 is 5.97 Å². The summed E-state index contributed by atoms with van der Waals surface area (Å²) < 4.78 is 34.4. The quantitative estimate of drug-likeness (QED) is 0.658. The minimum Gasteiger partial charge on any atom is -0.462 e. The van der Waals surface area contributed by atoms with Crippen LogP contribution in [0.15, 0.2) is 65.7 Å². The molecule has 27 heavy (non-hydrogen) atoms. The highest BCUT2D eigenvalue weighted by molar-refractivity contribution is 7.92. The van der Waals surface area contributed by atoms with Gasteiger partial charge in [0.2, 0.25) is 0 Å². The van der Waals surface area contributed by atoms with Gasteiger partial charge in [-0.2, -0.15) is 5.10 Å². The number of carbonyl (C=O) groups excluding carboxylic acids is 1. The van der Waals surface area contributed by atoms with Gasteiger partial charge in [0.15, 0.2) is 0 Å². The maximum atomic E-state index is 12.6. The molecule has 0 amide bonds. The molecule has 1 heterocycles. The lowest BCUT2D eigenvalue weighted by molar-refractivity contribution is 0.0526. The topological polar surface area (TPSA) is 90.3 Å². The lowest BCUT2D eigenvalue weighted by atomic mass is 10.2. The number of aromatic nitrogens is 2. The van der Waals surface area contributed by atoms with Crippen molar-refractivity contribution in [2.24, 2.45) is 0 Å². The number of esters is 1. The molecule has 8 heteroatoms. The third-order valence-electron chi connectivity index (χ3n) is 3.85. The molecule has 3 rings (SSSR count). The van der Waals surface area contributed by atoms with E-state index < -0.39 is 16.0 Å². The number of hydrogen-bond donors (Lipinski definition) is 1. The monoisotopic (exact) mass is 385 g/mol. The summed E-state index contributed by atoms with van der Waals surface area (Å²) in [6.07, 6.45) is 1.68. The highest BCUT2D eigenvalue weighted by Gasteiger charge is 2.16. The molecule has 0 unspecified atom stereocenters. The summed E-state index contributed by atoms with van der Waals surface area (Å²) in [6.45, 7) is 3.88. The molecule has 1 aromatic heterocycles. The molecule has 1 N–H and O–H groups in total. The second kappa shape index (κ2) is 7.63. The van der Waals surface area contributed by atoms with Gasteiger partial charge in [-0.05, 0) is 62.4 Å². The largest absolute Gasteiger partial charge is 0.462 e. The van der Waals surface area contributed by atoms with E-state index in [1.807, 2.05) is 19.1 Å². The Bertz CT molecular complexity index is 1060. The van der Waals surface area contributed by atoms with Crippen LogP contribution in [0.3, 0.4) is 0 Å². The molecule has 7 nitrogen and oxygen atoms in total. The van der Waals surface area contributed by atoms with Crippen molar-refractivity contribution in [1.29, 1.82) is 0 Å². The first kappa shape index (κ1) is 18.7. The number of ether oxygens (including phenoxy) is 1. The summed E-state index contributed by atoms with van der Waals surface area (Å²) >= 11 is 0. The van der Waals surface area contributed by atoms with Crippen LogP contribution in [0.5, 0.6) is 0 Å². The van der Waals surface area contributed by atoms with Gasteiger partial charge in [0.05, 0.1) is 28.4 Å². The van der Waals surface area contributed by atoms with Crippen LogP contribution in [0.2, 0.25) is 0 Å². The number of rotatable bonds is 6. The number of sulfonamides is 1. The maximum absolute atomic E-state index is 12.6. The van der Waals surface area contributed by atoms with Crippen LogP contribution in [0.25, 0.3) is 5.69 Å². The molecule has 0 aliphatic heterocycles. The van der Waals surface area contributed by atoms with Crippen LogP contribution in [-0.4, -0.2) is 30.8 Å². The number of hydrogen-bond acceptors (Lipinski definition) is 5. The molecule has 140 valence electrons. The van der Waals surface area contributed by atoms with Gasteiger partial charge in [-0.1, -0.05) is 6.07 Å². The molecule has 0 aliphatic rings. The molecule has 0 atom stereocenters. The molecule has 0 spiro atoms. The van der Waals surface area contributed by atoms with Gasteiger partial charge < -0.3 is 4.74 Å². The first-order valence-electron chi connectivity index (χ1n) is 8.32. The van der Waals surface area contributed by atoms with Crippen LogP contribution in [0.1, 0.15) is 23.0 Å². The Labute approximate surface area is 157 Å². The van der Waals surface area contributed by atoms with Crippen molar-refractivity contribution in [3.8, 4) is 5.69 Å². The van der Waals surface area contributed by atoms with Crippen LogP contribution < -0.4 is 4.72 Å². The lowest BCUT2D eigenvalue weighted by Gasteiger charge is -2.11. The molecule has 2 aromatic carbocycles. The standard InChI is InChI=1S/C19H19N3O4S/c1-3-26-19(23)15-7-9-18(10-8-15)27(24,25)21-16-5-4-6-17(13-16)22-14(2)11-12-20-22/h4-13,21H,3H2,1-2H3. The first-order chi connectivity index (χ1) is 12.9. The first-order valence-corrected chi connectivity index (χ1v) is 9.80. The Kier molecular flexibility index (Phi) is 5.27. The Morgan fingerprint density at radius 1 is 1.15 bits per heavy atom. The number of nitrogens with one attached hydrogen (secondary N) is 1. The molecule has 3 aromatic rings. The van der Waals surface area contributed by atoms with Gasteiger partial charge in [-0.3, -0.25) is 4.72 Å². The SMILES string of the molecule is CCOC(=O)c1ccc(S(=O)(=O)Nc2cccc(-n3nccc3C)c2)cc1. The fraction of sp³-hybridized carbons (Fsp3) is 0.158. The molecule has 0 saturated heterocycles. The summed E-state index contributed by atoms with van der Waals surface area (Å²) in [5.41, 5.74) is 2.39. The van der Waals surface area contributed by atoms with E-state index in [1.54, 1.807) is 36.0 Å².